The van der Waals surface area contributed by atoms with E-state index in [1.54, 1.807) is 6.07 Å². The molecule has 78 valence electrons. The van der Waals surface area contributed by atoms with Crippen LogP contribution in [0.25, 0.3) is 0 Å². The summed E-state index contributed by atoms with van der Waals surface area (Å²) < 4.78 is 13.2. The average molecular weight is 217 g/mol. The van der Waals surface area contributed by atoms with Gasteiger partial charge in [0, 0.05) is 29.7 Å². The first-order valence-electron chi connectivity index (χ1n) is 4.50. The number of benzene rings is 1. The van der Waals surface area contributed by atoms with Gasteiger partial charge < -0.3 is 11.1 Å². The van der Waals surface area contributed by atoms with E-state index in [-0.39, 0.29) is 11.9 Å². The van der Waals surface area contributed by atoms with Gasteiger partial charge in [0.1, 0.15) is 5.82 Å². The van der Waals surface area contributed by atoms with Gasteiger partial charge in [0.05, 0.1) is 0 Å². The van der Waals surface area contributed by atoms with Gasteiger partial charge in [-0.2, -0.15) is 0 Å². The van der Waals surface area contributed by atoms with E-state index < -0.39 is 0 Å². The van der Waals surface area contributed by atoms with Crippen molar-refractivity contribution in [2.75, 3.05) is 6.54 Å². The predicted octanol–water partition coefficient (Wildman–Crippen LogP) is 1.92. The average Bonchev–Trinajstić information content (AvgIpc) is 2.10. The minimum absolute atomic E-state index is 0.0669. The number of nitrogens with one attached hydrogen (secondary N) is 1. The molecule has 14 heavy (non-hydrogen) atoms. The van der Waals surface area contributed by atoms with Gasteiger partial charge in [0.25, 0.3) is 0 Å². The summed E-state index contributed by atoms with van der Waals surface area (Å²) in [5.74, 6) is -0.244. The maximum atomic E-state index is 13.2. The van der Waals surface area contributed by atoms with Crippen LogP contribution >= 0.6 is 11.6 Å². The standard InChI is InChI=1S/C10H14ClFN2/c1-7(13)5-14-6-8-4-9(11)2-3-10(8)12/h2-4,7,14H,5-6,13H2,1H3. The van der Waals surface area contributed by atoms with Gasteiger partial charge >= 0.3 is 0 Å². The molecule has 1 unspecified atom stereocenters. The Hall–Kier alpha value is -0.640. The van der Waals surface area contributed by atoms with Gasteiger partial charge in [-0.25, -0.2) is 4.39 Å². The molecule has 0 spiro atoms. The van der Waals surface area contributed by atoms with Gasteiger partial charge in [0.2, 0.25) is 0 Å². The molecule has 0 bridgehead atoms. The molecule has 0 amide bonds. The first-order valence-corrected chi connectivity index (χ1v) is 4.87. The molecule has 0 aliphatic heterocycles. The summed E-state index contributed by atoms with van der Waals surface area (Å²) in [6.07, 6.45) is 0. The number of hydrogen-bond donors (Lipinski definition) is 2. The minimum Gasteiger partial charge on any atom is -0.327 e. The van der Waals surface area contributed by atoms with Gasteiger partial charge in [-0.1, -0.05) is 11.6 Å². The SMILES string of the molecule is CC(N)CNCc1cc(Cl)ccc1F. The molecule has 1 aromatic carbocycles. The molecule has 0 aromatic heterocycles. The van der Waals surface area contributed by atoms with E-state index in [0.717, 1.165) is 0 Å². The zero-order chi connectivity index (χ0) is 10.6. The molecular weight excluding hydrogens is 203 g/mol. The monoisotopic (exact) mass is 216 g/mol. The van der Waals surface area contributed by atoms with E-state index in [0.29, 0.717) is 23.7 Å². The Bertz CT molecular complexity index is 302. The van der Waals surface area contributed by atoms with E-state index in [1.165, 1.54) is 12.1 Å². The molecule has 4 heteroatoms. The lowest BCUT2D eigenvalue weighted by atomic mass is 10.2. The Morgan fingerprint density at radius 1 is 1.57 bits per heavy atom. The second kappa shape index (κ2) is 5.29. The molecule has 0 heterocycles. The Balaban J connectivity index is 2.53. The van der Waals surface area contributed by atoms with E-state index in [9.17, 15) is 4.39 Å². The lowest BCUT2D eigenvalue weighted by Crippen LogP contribution is -2.30. The van der Waals surface area contributed by atoms with Crippen LogP contribution in [-0.2, 0) is 6.54 Å². The topological polar surface area (TPSA) is 38.0 Å². The molecule has 0 saturated carbocycles. The number of hydrogen-bond acceptors (Lipinski definition) is 2. The normalized spacial score (nSPS) is 12.9. The molecule has 0 aliphatic carbocycles. The Morgan fingerprint density at radius 2 is 2.29 bits per heavy atom. The summed E-state index contributed by atoms with van der Waals surface area (Å²) in [5, 5.41) is 3.59. The molecule has 0 radical (unpaired) electrons. The highest BCUT2D eigenvalue weighted by Gasteiger charge is 2.02. The van der Waals surface area contributed by atoms with Crippen molar-refractivity contribution < 1.29 is 4.39 Å². The smallest absolute Gasteiger partial charge is 0.127 e. The Kier molecular flexibility index (Phi) is 4.32. The number of nitrogens with two attached hydrogens (primary N) is 1. The van der Waals surface area contributed by atoms with Crippen molar-refractivity contribution in [2.45, 2.75) is 19.5 Å². The zero-order valence-electron chi connectivity index (χ0n) is 8.06. The lowest BCUT2D eigenvalue weighted by molar-refractivity contribution is 0.568. The highest BCUT2D eigenvalue weighted by Crippen LogP contribution is 2.14. The summed E-state index contributed by atoms with van der Waals surface area (Å²) in [6.45, 7) is 3.00. The fourth-order valence-corrected chi connectivity index (χ4v) is 1.31. The molecule has 1 aromatic rings. The van der Waals surface area contributed by atoms with Gasteiger partial charge in [-0.3, -0.25) is 0 Å². The van der Waals surface area contributed by atoms with Crippen LogP contribution in [0.5, 0.6) is 0 Å². The van der Waals surface area contributed by atoms with Crippen molar-refractivity contribution in [2.24, 2.45) is 5.73 Å². The Morgan fingerprint density at radius 3 is 2.93 bits per heavy atom. The summed E-state index contributed by atoms with van der Waals surface area (Å²) in [5.41, 5.74) is 6.11. The second-order valence-electron chi connectivity index (χ2n) is 3.34. The molecule has 3 N–H and O–H groups in total. The van der Waals surface area contributed by atoms with Crippen molar-refractivity contribution >= 4 is 11.6 Å². The highest BCUT2D eigenvalue weighted by atomic mass is 35.5. The third kappa shape index (κ3) is 3.62. The van der Waals surface area contributed by atoms with Crippen LogP contribution in [0, 0.1) is 5.82 Å². The zero-order valence-corrected chi connectivity index (χ0v) is 8.81. The lowest BCUT2D eigenvalue weighted by Gasteiger charge is -2.08. The highest BCUT2D eigenvalue weighted by molar-refractivity contribution is 6.30. The summed E-state index contributed by atoms with van der Waals surface area (Å²) in [4.78, 5) is 0. The van der Waals surface area contributed by atoms with Crippen LogP contribution in [0.3, 0.4) is 0 Å². The van der Waals surface area contributed by atoms with Crippen LogP contribution in [-0.4, -0.2) is 12.6 Å². The van der Waals surface area contributed by atoms with E-state index in [1.807, 2.05) is 6.92 Å². The molecular formula is C10H14ClFN2. The van der Waals surface area contributed by atoms with E-state index >= 15 is 0 Å². The second-order valence-corrected chi connectivity index (χ2v) is 3.78. The van der Waals surface area contributed by atoms with Gasteiger partial charge in [-0.05, 0) is 25.1 Å². The first-order chi connectivity index (χ1) is 6.59. The van der Waals surface area contributed by atoms with E-state index in [2.05, 4.69) is 5.32 Å². The Labute approximate surface area is 88.2 Å². The molecule has 1 rings (SSSR count). The van der Waals surface area contributed by atoms with Crippen molar-refractivity contribution in [1.29, 1.82) is 0 Å². The molecule has 1 atom stereocenters. The molecule has 0 aliphatic rings. The fourth-order valence-electron chi connectivity index (χ4n) is 1.11. The summed E-state index contributed by atoms with van der Waals surface area (Å²) >= 11 is 5.74. The fraction of sp³-hybridized carbons (Fsp3) is 0.400. The largest absolute Gasteiger partial charge is 0.327 e. The van der Waals surface area contributed by atoms with Crippen molar-refractivity contribution in [1.82, 2.24) is 5.32 Å². The van der Waals surface area contributed by atoms with Crippen LogP contribution in [0.15, 0.2) is 18.2 Å². The molecule has 2 nitrogen and oxygen atoms in total. The van der Waals surface area contributed by atoms with Crippen molar-refractivity contribution in [3.05, 3.63) is 34.6 Å². The van der Waals surface area contributed by atoms with Gasteiger partial charge in [-0.15, -0.1) is 0 Å². The minimum atomic E-state index is -0.244. The van der Waals surface area contributed by atoms with Crippen molar-refractivity contribution in [3.63, 3.8) is 0 Å². The van der Waals surface area contributed by atoms with Crippen molar-refractivity contribution in [3.8, 4) is 0 Å². The maximum Gasteiger partial charge on any atom is 0.127 e. The van der Waals surface area contributed by atoms with E-state index in [4.69, 9.17) is 17.3 Å². The summed E-state index contributed by atoms with van der Waals surface area (Å²) in [6, 6.07) is 4.58. The third-order valence-electron chi connectivity index (χ3n) is 1.79. The maximum absolute atomic E-state index is 13.2. The molecule has 0 saturated heterocycles. The summed E-state index contributed by atoms with van der Waals surface area (Å²) in [7, 11) is 0. The van der Waals surface area contributed by atoms with Crippen LogP contribution in [0.2, 0.25) is 5.02 Å². The predicted molar refractivity (Wildman–Crippen MR) is 56.8 cm³/mol. The first kappa shape index (κ1) is 11.4. The molecule has 0 fully saturated rings. The third-order valence-corrected chi connectivity index (χ3v) is 2.02. The van der Waals surface area contributed by atoms with Gasteiger partial charge in [0.15, 0.2) is 0 Å². The number of halogens is 2. The van der Waals surface area contributed by atoms with Crippen LogP contribution < -0.4 is 11.1 Å². The quantitative estimate of drug-likeness (QED) is 0.807. The number of rotatable bonds is 4. The van der Waals surface area contributed by atoms with Crippen LogP contribution in [0.1, 0.15) is 12.5 Å². The van der Waals surface area contributed by atoms with Crippen LogP contribution in [0.4, 0.5) is 4.39 Å².